The number of benzene rings is 2. The lowest BCUT2D eigenvalue weighted by Gasteiger charge is -2.06. The van der Waals surface area contributed by atoms with Gasteiger partial charge in [-0.05, 0) is 41.5 Å². The normalized spacial score (nSPS) is 9.56. The van der Waals surface area contributed by atoms with Crippen molar-refractivity contribution in [2.75, 3.05) is 0 Å². The minimum Gasteiger partial charge on any atom is -0.478 e. The number of guanidine groups is 2. The van der Waals surface area contributed by atoms with E-state index in [9.17, 15) is 14.0 Å². The van der Waals surface area contributed by atoms with Crippen molar-refractivity contribution in [1.82, 2.24) is 5.32 Å². The van der Waals surface area contributed by atoms with Crippen molar-refractivity contribution >= 4 is 35.5 Å². The second kappa shape index (κ2) is 9.15. The van der Waals surface area contributed by atoms with E-state index in [4.69, 9.17) is 44.1 Å². The Bertz CT molecular complexity index is 875. The molecule has 2 rings (SSSR count). The highest BCUT2D eigenvalue weighted by Crippen LogP contribution is 2.27. The lowest BCUT2D eigenvalue weighted by atomic mass is 9.99. The van der Waals surface area contributed by atoms with Crippen LogP contribution >= 0.6 is 11.6 Å². The van der Waals surface area contributed by atoms with Crippen LogP contribution < -0.4 is 16.8 Å². The smallest absolute Gasteiger partial charge is 0.335 e. The lowest BCUT2D eigenvalue weighted by Crippen LogP contribution is -2.39. The number of aromatic carboxylic acids is 2. The Morgan fingerprint density at radius 1 is 0.926 bits per heavy atom. The molecule has 0 unspecified atom stereocenters. The maximum Gasteiger partial charge on any atom is 0.335 e. The van der Waals surface area contributed by atoms with Gasteiger partial charge in [-0.15, -0.1) is 0 Å². The molecule has 0 atom stereocenters. The Kier molecular flexibility index (Phi) is 7.25. The summed E-state index contributed by atoms with van der Waals surface area (Å²) in [5.74, 6) is -3.73. The molecule has 2 aromatic carbocycles. The van der Waals surface area contributed by atoms with Gasteiger partial charge in [0.1, 0.15) is 5.82 Å². The first kappa shape index (κ1) is 21.4. The SMILES string of the molecule is N=C(N)NC(=N)N.O=C(O)c1cc(C(=O)O)cc(-c2ccc(F)c(Cl)c2)c1. The van der Waals surface area contributed by atoms with Crippen LogP contribution in [0, 0.1) is 16.6 Å². The lowest BCUT2D eigenvalue weighted by molar-refractivity contribution is 0.0696. The van der Waals surface area contributed by atoms with Crippen molar-refractivity contribution in [2.24, 2.45) is 11.5 Å². The summed E-state index contributed by atoms with van der Waals surface area (Å²) < 4.78 is 13.1. The van der Waals surface area contributed by atoms with Gasteiger partial charge in [0.05, 0.1) is 16.1 Å². The van der Waals surface area contributed by atoms with Gasteiger partial charge in [-0.1, -0.05) is 17.7 Å². The summed E-state index contributed by atoms with van der Waals surface area (Å²) >= 11 is 5.66. The molecule has 0 aliphatic rings. The summed E-state index contributed by atoms with van der Waals surface area (Å²) in [6, 6.07) is 7.50. The van der Waals surface area contributed by atoms with E-state index in [2.05, 4.69) is 0 Å². The van der Waals surface area contributed by atoms with Gasteiger partial charge in [-0.2, -0.15) is 0 Å². The molecule has 0 amide bonds. The molecule has 0 spiro atoms. The number of hydrogen-bond donors (Lipinski definition) is 7. The van der Waals surface area contributed by atoms with Crippen LogP contribution in [0.2, 0.25) is 5.02 Å². The fourth-order valence-corrected chi connectivity index (χ4v) is 2.04. The molecule has 11 heteroatoms. The van der Waals surface area contributed by atoms with E-state index in [1.54, 1.807) is 0 Å². The zero-order chi connectivity index (χ0) is 20.7. The average molecular weight is 396 g/mol. The van der Waals surface area contributed by atoms with Gasteiger partial charge >= 0.3 is 11.9 Å². The highest BCUT2D eigenvalue weighted by molar-refractivity contribution is 6.31. The fourth-order valence-electron chi connectivity index (χ4n) is 1.86. The Morgan fingerprint density at radius 2 is 1.41 bits per heavy atom. The third-order valence-electron chi connectivity index (χ3n) is 2.95. The molecule has 0 saturated heterocycles. The van der Waals surface area contributed by atoms with Crippen molar-refractivity contribution in [3.05, 3.63) is 58.4 Å². The van der Waals surface area contributed by atoms with Crippen LogP contribution in [0.5, 0.6) is 0 Å². The number of carboxylic acids is 2. The summed E-state index contributed by atoms with van der Waals surface area (Å²) in [7, 11) is 0. The Hall–Kier alpha value is -3.66. The van der Waals surface area contributed by atoms with Crippen LogP contribution in [0.3, 0.4) is 0 Å². The van der Waals surface area contributed by atoms with Crippen LogP contribution in [0.15, 0.2) is 36.4 Å². The van der Waals surface area contributed by atoms with E-state index >= 15 is 0 Å². The van der Waals surface area contributed by atoms with Gasteiger partial charge in [-0.3, -0.25) is 16.1 Å². The molecule has 2 aromatic rings. The number of carbonyl (C=O) groups is 2. The number of nitrogens with two attached hydrogens (primary N) is 2. The minimum atomic E-state index is -1.25. The van der Waals surface area contributed by atoms with E-state index < -0.39 is 17.8 Å². The van der Waals surface area contributed by atoms with E-state index in [0.29, 0.717) is 11.1 Å². The summed E-state index contributed by atoms with van der Waals surface area (Å²) in [6.07, 6.45) is 0. The molecule has 9 N–H and O–H groups in total. The highest BCUT2D eigenvalue weighted by Gasteiger charge is 2.13. The van der Waals surface area contributed by atoms with Crippen LogP contribution in [0.4, 0.5) is 4.39 Å². The molecule has 0 fully saturated rings. The van der Waals surface area contributed by atoms with Gasteiger partial charge in [0.25, 0.3) is 0 Å². The summed E-state index contributed by atoms with van der Waals surface area (Å²) in [5.41, 5.74) is 9.93. The minimum absolute atomic E-state index is 0.125. The molecular weight excluding hydrogens is 381 g/mol. The summed E-state index contributed by atoms with van der Waals surface area (Å²) in [4.78, 5) is 22.0. The van der Waals surface area contributed by atoms with Crippen LogP contribution in [0.1, 0.15) is 20.7 Å². The highest BCUT2D eigenvalue weighted by atomic mass is 35.5. The second-order valence-corrected chi connectivity index (χ2v) is 5.40. The summed E-state index contributed by atoms with van der Waals surface area (Å²) in [5, 5.41) is 32.8. The zero-order valence-corrected chi connectivity index (χ0v) is 14.3. The number of hydrogen-bond acceptors (Lipinski definition) is 4. The van der Waals surface area contributed by atoms with Crippen molar-refractivity contribution in [2.45, 2.75) is 0 Å². The second-order valence-electron chi connectivity index (χ2n) is 4.99. The standard InChI is InChI=1S/C14H8ClFO4.C2H7N5/c15-11-6-7(1-2-12(11)16)8-3-9(13(17)18)5-10(4-8)14(19)20;3-1(4)7-2(5)6/h1-6H,(H,17,18)(H,19,20);(H7,3,4,5,6,7). The molecule has 0 aliphatic heterocycles. The monoisotopic (exact) mass is 395 g/mol. The van der Waals surface area contributed by atoms with Crippen LogP contribution in [0.25, 0.3) is 11.1 Å². The number of carboxylic acid groups (broad SMARTS) is 2. The molecule has 0 saturated carbocycles. The quantitative estimate of drug-likeness (QED) is 0.305. The average Bonchev–Trinajstić information content (AvgIpc) is 2.56. The van der Waals surface area contributed by atoms with Crippen LogP contribution in [-0.2, 0) is 0 Å². The first-order chi connectivity index (χ1) is 12.5. The molecule has 0 radical (unpaired) electrons. The Balaban J connectivity index is 0.000000445. The summed E-state index contributed by atoms with van der Waals surface area (Å²) in [6.45, 7) is 0. The van der Waals surface area contributed by atoms with Gasteiger partial charge < -0.3 is 21.7 Å². The van der Waals surface area contributed by atoms with Crippen LogP contribution in [-0.4, -0.2) is 34.1 Å². The first-order valence-electron chi connectivity index (χ1n) is 7.03. The van der Waals surface area contributed by atoms with E-state index in [-0.39, 0.29) is 28.1 Å². The maximum absolute atomic E-state index is 13.1. The molecule has 0 aliphatic carbocycles. The largest absolute Gasteiger partial charge is 0.478 e. The number of halogens is 2. The molecule has 0 heterocycles. The third-order valence-corrected chi connectivity index (χ3v) is 3.24. The third kappa shape index (κ3) is 6.63. The van der Waals surface area contributed by atoms with Gasteiger partial charge in [0.15, 0.2) is 11.9 Å². The molecule has 27 heavy (non-hydrogen) atoms. The molecule has 0 aromatic heterocycles. The van der Waals surface area contributed by atoms with E-state index in [1.165, 1.54) is 24.3 Å². The van der Waals surface area contributed by atoms with Crippen molar-refractivity contribution < 1.29 is 24.2 Å². The molecule has 9 nitrogen and oxygen atoms in total. The van der Waals surface area contributed by atoms with E-state index in [0.717, 1.165) is 12.1 Å². The predicted molar refractivity (Wildman–Crippen MR) is 97.7 cm³/mol. The fraction of sp³-hybridized carbons (Fsp3) is 0. The van der Waals surface area contributed by atoms with Gasteiger partial charge in [0.2, 0.25) is 0 Å². The number of rotatable bonds is 3. The van der Waals surface area contributed by atoms with Crippen molar-refractivity contribution in [3.63, 3.8) is 0 Å². The van der Waals surface area contributed by atoms with Crippen molar-refractivity contribution in [3.8, 4) is 11.1 Å². The molecule has 0 bridgehead atoms. The predicted octanol–water partition coefficient (Wildman–Crippen LogP) is 1.91. The first-order valence-corrected chi connectivity index (χ1v) is 7.41. The Labute approximate surface area is 157 Å². The van der Waals surface area contributed by atoms with Gasteiger partial charge in [0, 0.05) is 0 Å². The Morgan fingerprint density at radius 3 is 1.74 bits per heavy atom. The van der Waals surface area contributed by atoms with E-state index in [1.807, 2.05) is 5.32 Å². The molecule has 142 valence electrons. The zero-order valence-electron chi connectivity index (χ0n) is 13.6. The number of nitrogens with one attached hydrogen (secondary N) is 3. The topological polar surface area (TPSA) is 186 Å². The maximum atomic E-state index is 13.1. The molecular formula is C16H15ClFN5O4. The van der Waals surface area contributed by atoms with Gasteiger partial charge in [-0.25, -0.2) is 14.0 Å². The van der Waals surface area contributed by atoms with Crippen molar-refractivity contribution in [1.29, 1.82) is 10.8 Å².